The van der Waals surface area contributed by atoms with E-state index in [4.69, 9.17) is 5.11 Å². The summed E-state index contributed by atoms with van der Waals surface area (Å²) < 4.78 is 0.899. The number of para-hydroxylation sites is 1. The van der Waals surface area contributed by atoms with Crippen LogP contribution < -0.4 is 0 Å². The Kier molecular flexibility index (Phi) is 8.54. The number of Topliss-reactive ketones (excluding diaryl/α,β-unsaturated/α-hetero) is 1. The Balaban J connectivity index is 1.49. The number of aliphatic carboxylic acids is 1. The van der Waals surface area contributed by atoms with Gasteiger partial charge in [0.2, 0.25) is 5.78 Å². The average Bonchev–Trinajstić information content (AvgIpc) is 3.28. The maximum Gasteiger partial charge on any atom is 0.303 e. The lowest BCUT2D eigenvalue weighted by Crippen LogP contribution is -2.26. The largest absolute Gasteiger partial charge is 0.481 e. The molecule has 1 unspecified atom stereocenters. The topological polar surface area (TPSA) is 128 Å². The number of hydrogen-bond donors (Lipinski definition) is 4. The van der Waals surface area contributed by atoms with Gasteiger partial charge in [0, 0.05) is 6.42 Å². The summed E-state index contributed by atoms with van der Waals surface area (Å²) in [6, 6.07) is 7.45. The Morgan fingerprint density at radius 2 is 1.71 bits per heavy atom. The van der Waals surface area contributed by atoms with Gasteiger partial charge in [-0.2, -0.15) is 0 Å². The number of carbonyl (C=O) groups is 2. The van der Waals surface area contributed by atoms with Crippen molar-refractivity contribution in [1.82, 2.24) is 4.98 Å². The minimum atomic E-state index is -1.18. The molecular formula is C23H31NO6S. The molecule has 1 aliphatic carbocycles. The van der Waals surface area contributed by atoms with Crippen molar-refractivity contribution in [3.05, 3.63) is 29.3 Å². The fourth-order valence-corrected chi connectivity index (χ4v) is 5.55. The summed E-state index contributed by atoms with van der Waals surface area (Å²) in [6.07, 6.45) is 2.73. The molecule has 170 valence electrons. The number of carboxylic acid groups (broad SMARTS) is 1. The minimum absolute atomic E-state index is 0.0702. The second-order valence-corrected chi connectivity index (χ2v) is 9.52. The zero-order valence-electron chi connectivity index (χ0n) is 17.5. The molecule has 3 rings (SSSR count). The molecule has 0 aliphatic heterocycles. The normalized spacial score (nSPS) is 24.5. The summed E-state index contributed by atoms with van der Waals surface area (Å²) in [4.78, 5) is 27.5. The predicted molar refractivity (Wildman–Crippen MR) is 118 cm³/mol. The van der Waals surface area contributed by atoms with Gasteiger partial charge in [0.05, 0.1) is 22.4 Å². The number of thiazole rings is 1. The number of benzene rings is 1. The molecule has 1 fully saturated rings. The number of fused-ring (bicyclic) bond motifs is 1. The van der Waals surface area contributed by atoms with Crippen molar-refractivity contribution in [2.45, 2.75) is 76.1 Å². The van der Waals surface area contributed by atoms with Crippen LogP contribution in [0.5, 0.6) is 0 Å². The van der Waals surface area contributed by atoms with Crippen LogP contribution in [0, 0.1) is 11.8 Å². The van der Waals surface area contributed by atoms with Crippen molar-refractivity contribution in [2.75, 3.05) is 0 Å². The van der Waals surface area contributed by atoms with E-state index < -0.39 is 30.1 Å². The molecule has 2 aromatic rings. The molecule has 0 amide bonds. The molecular weight excluding hydrogens is 418 g/mol. The van der Waals surface area contributed by atoms with E-state index in [-0.39, 0.29) is 24.7 Å². The number of aliphatic hydroxyl groups is 3. The quantitative estimate of drug-likeness (QED) is 0.289. The molecule has 0 saturated heterocycles. The summed E-state index contributed by atoms with van der Waals surface area (Å²) in [5.41, 5.74) is 0.737. The summed E-state index contributed by atoms with van der Waals surface area (Å²) in [5.74, 6) is -1.41. The second kappa shape index (κ2) is 11.1. The number of hydrogen-bond acceptors (Lipinski definition) is 7. The van der Waals surface area contributed by atoms with E-state index in [0.717, 1.165) is 35.9 Å². The first kappa shape index (κ1) is 23.8. The van der Waals surface area contributed by atoms with E-state index in [0.29, 0.717) is 24.3 Å². The molecule has 0 bridgehead atoms. The molecule has 0 radical (unpaired) electrons. The molecule has 8 heteroatoms. The van der Waals surface area contributed by atoms with Gasteiger partial charge in [-0.15, -0.1) is 11.3 Å². The second-order valence-electron chi connectivity index (χ2n) is 8.49. The van der Waals surface area contributed by atoms with Gasteiger partial charge in [-0.25, -0.2) is 4.98 Å². The molecule has 4 N–H and O–H groups in total. The molecule has 1 aromatic heterocycles. The first-order valence-electron chi connectivity index (χ1n) is 11.0. The Bertz CT molecular complexity index is 851. The van der Waals surface area contributed by atoms with Crippen molar-refractivity contribution in [1.29, 1.82) is 0 Å². The minimum Gasteiger partial charge on any atom is -0.481 e. The molecule has 1 aromatic carbocycles. The van der Waals surface area contributed by atoms with Gasteiger partial charge < -0.3 is 20.4 Å². The van der Waals surface area contributed by atoms with Gasteiger partial charge in [0.15, 0.2) is 5.01 Å². The van der Waals surface area contributed by atoms with Crippen LogP contribution in [0.2, 0.25) is 0 Å². The zero-order valence-corrected chi connectivity index (χ0v) is 18.3. The van der Waals surface area contributed by atoms with Crippen molar-refractivity contribution >= 4 is 33.3 Å². The molecule has 31 heavy (non-hydrogen) atoms. The third kappa shape index (κ3) is 6.32. The van der Waals surface area contributed by atoms with Crippen LogP contribution in [0.3, 0.4) is 0 Å². The number of carboxylic acids is 1. The van der Waals surface area contributed by atoms with Gasteiger partial charge in [-0.1, -0.05) is 31.4 Å². The van der Waals surface area contributed by atoms with Crippen LogP contribution in [0.15, 0.2) is 24.3 Å². The number of unbranched alkanes of at least 4 members (excludes halogenated alkanes) is 3. The van der Waals surface area contributed by atoms with E-state index in [1.165, 1.54) is 11.3 Å². The zero-order chi connectivity index (χ0) is 22.4. The highest BCUT2D eigenvalue weighted by Crippen LogP contribution is 2.39. The average molecular weight is 450 g/mol. The SMILES string of the molecule is O=C(O)CCCCCC[C@@H]1[C@@H](CCC(O)C(=O)c2nc3ccccc3s2)[C@H](O)C[C@@H]1O. The smallest absolute Gasteiger partial charge is 0.303 e. The summed E-state index contributed by atoms with van der Waals surface area (Å²) >= 11 is 1.27. The van der Waals surface area contributed by atoms with Crippen molar-refractivity contribution in [3.8, 4) is 0 Å². The van der Waals surface area contributed by atoms with Gasteiger partial charge in [-0.3, -0.25) is 9.59 Å². The number of aromatic nitrogens is 1. The molecule has 5 atom stereocenters. The monoisotopic (exact) mass is 449 g/mol. The number of rotatable bonds is 12. The fourth-order valence-electron chi connectivity index (χ4n) is 4.59. The standard InChI is InChI=1S/C23H31NO6S/c25-17(22(30)23-24-16-8-5-6-9-20(16)31-23)12-11-15-14(18(26)13-19(15)27)7-3-1-2-4-10-21(28)29/h5-6,8-9,14-15,17-19,25-27H,1-4,7,10-13H2,(H,28,29)/t14-,15-,17?,18+,19-/m1/s1. The van der Waals surface area contributed by atoms with E-state index in [1.807, 2.05) is 24.3 Å². The Hall–Kier alpha value is -1.87. The number of aliphatic hydroxyl groups excluding tert-OH is 3. The maximum absolute atomic E-state index is 12.6. The third-order valence-corrected chi connectivity index (χ3v) is 7.33. The lowest BCUT2D eigenvalue weighted by atomic mass is 9.84. The number of carbonyl (C=O) groups excluding carboxylic acids is 1. The molecule has 1 heterocycles. The van der Waals surface area contributed by atoms with Crippen LogP contribution in [-0.4, -0.2) is 55.5 Å². The molecule has 0 spiro atoms. The van der Waals surface area contributed by atoms with E-state index in [9.17, 15) is 24.9 Å². The highest BCUT2D eigenvalue weighted by Gasteiger charge is 2.41. The number of nitrogens with zero attached hydrogens (tertiary/aromatic N) is 1. The number of ketones is 1. The molecule has 1 saturated carbocycles. The van der Waals surface area contributed by atoms with Gasteiger partial charge in [-0.05, 0) is 56.1 Å². The van der Waals surface area contributed by atoms with E-state index in [1.54, 1.807) is 0 Å². The van der Waals surface area contributed by atoms with Gasteiger partial charge in [0.1, 0.15) is 6.10 Å². The van der Waals surface area contributed by atoms with Crippen LogP contribution in [0.25, 0.3) is 10.2 Å². The lowest BCUT2D eigenvalue weighted by molar-refractivity contribution is -0.137. The van der Waals surface area contributed by atoms with Crippen molar-refractivity contribution in [3.63, 3.8) is 0 Å². The van der Waals surface area contributed by atoms with Crippen LogP contribution in [0.1, 0.15) is 67.6 Å². The Morgan fingerprint density at radius 3 is 2.42 bits per heavy atom. The van der Waals surface area contributed by atoms with Crippen molar-refractivity contribution in [2.24, 2.45) is 11.8 Å². The van der Waals surface area contributed by atoms with Crippen molar-refractivity contribution < 1.29 is 30.0 Å². The van der Waals surface area contributed by atoms with Crippen LogP contribution in [0.4, 0.5) is 0 Å². The van der Waals surface area contributed by atoms with Gasteiger partial charge >= 0.3 is 5.97 Å². The van der Waals surface area contributed by atoms with Gasteiger partial charge in [0.25, 0.3) is 0 Å². The Morgan fingerprint density at radius 1 is 1.03 bits per heavy atom. The summed E-state index contributed by atoms with van der Waals surface area (Å²) in [5, 5.41) is 40.2. The highest BCUT2D eigenvalue weighted by atomic mass is 32.1. The van der Waals surface area contributed by atoms with Crippen LogP contribution in [-0.2, 0) is 4.79 Å². The van der Waals surface area contributed by atoms with E-state index >= 15 is 0 Å². The lowest BCUT2D eigenvalue weighted by Gasteiger charge is -2.24. The van der Waals surface area contributed by atoms with E-state index in [2.05, 4.69) is 4.98 Å². The van der Waals surface area contributed by atoms with Crippen LogP contribution >= 0.6 is 11.3 Å². The third-order valence-electron chi connectivity index (χ3n) is 6.28. The fraction of sp³-hybridized carbons (Fsp3) is 0.609. The highest BCUT2D eigenvalue weighted by molar-refractivity contribution is 7.20. The first-order valence-corrected chi connectivity index (χ1v) is 11.8. The summed E-state index contributed by atoms with van der Waals surface area (Å²) in [7, 11) is 0. The molecule has 7 nitrogen and oxygen atoms in total. The summed E-state index contributed by atoms with van der Waals surface area (Å²) in [6.45, 7) is 0. The maximum atomic E-state index is 12.6. The predicted octanol–water partition coefficient (Wildman–Crippen LogP) is 3.40. The molecule has 1 aliphatic rings. The Labute approximate surface area is 185 Å². The first-order chi connectivity index (χ1) is 14.9.